The summed E-state index contributed by atoms with van der Waals surface area (Å²) in [6.07, 6.45) is 0.903. The number of nitrogens with zero attached hydrogens (tertiary/aromatic N) is 2. The first-order valence-corrected chi connectivity index (χ1v) is 6.98. The second-order valence-corrected chi connectivity index (χ2v) is 5.11. The fraction of sp³-hybridized carbons (Fsp3) is 0.235. The molecule has 2 aromatic carbocycles. The molecule has 3 rings (SSSR count). The number of rotatable bonds is 3. The van der Waals surface area contributed by atoms with Crippen molar-refractivity contribution in [3.05, 3.63) is 59.4 Å². The van der Waals surface area contributed by atoms with Gasteiger partial charge in [-0.1, -0.05) is 37.3 Å². The van der Waals surface area contributed by atoms with Gasteiger partial charge in [-0.15, -0.1) is 0 Å². The minimum atomic E-state index is 0.751. The highest BCUT2D eigenvalue weighted by Gasteiger charge is 2.12. The lowest BCUT2D eigenvalue weighted by atomic mass is 10.1. The Bertz CT molecular complexity index is 756. The van der Waals surface area contributed by atoms with Gasteiger partial charge in [0.25, 0.3) is 0 Å². The van der Waals surface area contributed by atoms with Gasteiger partial charge < -0.3 is 10.3 Å². The van der Waals surface area contributed by atoms with Crippen LogP contribution in [0.25, 0.3) is 11.0 Å². The molecule has 0 saturated heterocycles. The summed E-state index contributed by atoms with van der Waals surface area (Å²) < 4.78 is 2.27. The molecule has 0 saturated carbocycles. The molecule has 2 N–H and O–H groups in total. The van der Waals surface area contributed by atoms with Crippen molar-refractivity contribution >= 4 is 16.7 Å². The minimum Gasteiger partial charge on any atom is -0.397 e. The summed E-state index contributed by atoms with van der Waals surface area (Å²) >= 11 is 0. The highest BCUT2D eigenvalue weighted by molar-refractivity contribution is 5.87. The lowest BCUT2D eigenvalue weighted by Crippen LogP contribution is -2.05. The average molecular weight is 265 g/mol. The van der Waals surface area contributed by atoms with Crippen molar-refractivity contribution in [2.45, 2.75) is 26.8 Å². The predicted octanol–water partition coefficient (Wildman–Crippen LogP) is 3.54. The zero-order valence-electron chi connectivity index (χ0n) is 11.9. The summed E-state index contributed by atoms with van der Waals surface area (Å²) in [5.74, 6) is 1.08. The van der Waals surface area contributed by atoms with Crippen LogP contribution in [-0.2, 0) is 13.0 Å². The molecule has 20 heavy (non-hydrogen) atoms. The van der Waals surface area contributed by atoms with Gasteiger partial charge in [0.1, 0.15) is 11.3 Å². The molecule has 102 valence electrons. The molecule has 1 heterocycles. The minimum absolute atomic E-state index is 0.751. The molecule has 3 nitrogen and oxygen atoms in total. The number of nitrogen functional groups attached to an aromatic ring is 1. The van der Waals surface area contributed by atoms with Gasteiger partial charge in [0.05, 0.1) is 11.2 Å². The highest BCUT2D eigenvalue weighted by Crippen LogP contribution is 2.23. The first-order chi connectivity index (χ1) is 9.70. The summed E-state index contributed by atoms with van der Waals surface area (Å²) in [6, 6.07) is 14.5. The monoisotopic (exact) mass is 265 g/mol. The maximum atomic E-state index is 6.04. The number of anilines is 1. The third-order valence-corrected chi connectivity index (χ3v) is 3.80. The van der Waals surface area contributed by atoms with E-state index in [-0.39, 0.29) is 0 Å². The SMILES string of the molecule is CCc1nc2c(N)cccc2n1Cc1ccccc1C. The van der Waals surface area contributed by atoms with Gasteiger partial charge in [0.2, 0.25) is 0 Å². The molecule has 0 radical (unpaired) electrons. The van der Waals surface area contributed by atoms with Crippen LogP contribution in [0.2, 0.25) is 0 Å². The molecule has 3 aromatic rings. The van der Waals surface area contributed by atoms with Gasteiger partial charge in [-0.25, -0.2) is 4.98 Å². The Kier molecular flexibility index (Phi) is 3.18. The Morgan fingerprint density at radius 1 is 1.10 bits per heavy atom. The van der Waals surface area contributed by atoms with E-state index in [2.05, 4.69) is 48.7 Å². The molecule has 0 amide bonds. The molecule has 0 aliphatic carbocycles. The zero-order chi connectivity index (χ0) is 14.1. The van der Waals surface area contributed by atoms with Crippen LogP contribution in [0.15, 0.2) is 42.5 Å². The van der Waals surface area contributed by atoms with E-state index in [1.165, 1.54) is 11.1 Å². The van der Waals surface area contributed by atoms with E-state index in [1.807, 2.05) is 12.1 Å². The van der Waals surface area contributed by atoms with Gasteiger partial charge in [-0.3, -0.25) is 0 Å². The molecule has 0 spiro atoms. The summed E-state index contributed by atoms with van der Waals surface area (Å²) in [7, 11) is 0. The van der Waals surface area contributed by atoms with E-state index in [9.17, 15) is 0 Å². The molecule has 0 bridgehead atoms. The van der Waals surface area contributed by atoms with Crippen LogP contribution in [0.1, 0.15) is 23.9 Å². The summed E-state index contributed by atoms with van der Waals surface area (Å²) in [6.45, 7) is 5.12. The van der Waals surface area contributed by atoms with E-state index in [4.69, 9.17) is 10.7 Å². The third-order valence-electron chi connectivity index (χ3n) is 3.80. The van der Waals surface area contributed by atoms with E-state index >= 15 is 0 Å². The summed E-state index contributed by atoms with van der Waals surface area (Å²) in [5.41, 5.74) is 11.5. The van der Waals surface area contributed by atoms with Gasteiger partial charge in [-0.05, 0) is 30.2 Å². The topological polar surface area (TPSA) is 43.8 Å². The normalized spacial score (nSPS) is 11.1. The van der Waals surface area contributed by atoms with Gasteiger partial charge >= 0.3 is 0 Å². The van der Waals surface area contributed by atoms with Crippen molar-refractivity contribution in [3.8, 4) is 0 Å². The van der Waals surface area contributed by atoms with Crippen LogP contribution in [-0.4, -0.2) is 9.55 Å². The van der Waals surface area contributed by atoms with E-state index in [0.717, 1.165) is 35.5 Å². The molecule has 0 atom stereocenters. The number of imidazole rings is 1. The third kappa shape index (κ3) is 2.05. The van der Waals surface area contributed by atoms with Crippen molar-refractivity contribution in [2.75, 3.05) is 5.73 Å². The quantitative estimate of drug-likeness (QED) is 0.736. The molecule has 0 aliphatic heterocycles. The second kappa shape index (κ2) is 5.00. The fourth-order valence-corrected chi connectivity index (χ4v) is 2.62. The van der Waals surface area contributed by atoms with Gasteiger partial charge in [0, 0.05) is 13.0 Å². The fourth-order valence-electron chi connectivity index (χ4n) is 2.62. The van der Waals surface area contributed by atoms with Crippen LogP contribution < -0.4 is 5.73 Å². The zero-order valence-corrected chi connectivity index (χ0v) is 11.9. The van der Waals surface area contributed by atoms with E-state index in [1.54, 1.807) is 0 Å². The molecule has 0 unspecified atom stereocenters. The van der Waals surface area contributed by atoms with Crippen molar-refractivity contribution < 1.29 is 0 Å². The molecular weight excluding hydrogens is 246 g/mol. The molecule has 3 heteroatoms. The van der Waals surface area contributed by atoms with Crippen LogP contribution in [0, 0.1) is 6.92 Å². The highest BCUT2D eigenvalue weighted by atomic mass is 15.1. The lowest BCUT2D eigenvalue weighted by molar-refractivity contribution is 0.750. The Balaban J connectivity index is 2.15. The van der Waals surface area contributed by atoms with E-state index < -0.39 is 0 Å². The largest absolute Gasteiger partial charge is 0.397 e. The number of hydrogen-bond acceptors (Lipinski definition) is 2. The van der Waals surface area contributed by atoms with Crippen LogP contribution in [0.5, 0.6) is 0 Å². The van der Waals surface area contributed by atoms with Crippen molar-refractivity contribution in [1.29, 1.82) is 0 Å². The molecule has 0 fully saturated rings. The van der Waals surface area contributed by atoms with Crippen LogP contribution in [0.3, 0.4) is 0 Å². The van der Waals surface area contributed by atoms with Crippen molar-refractivity contribution in [1.82, 2.24) is 9.55 Å². The van der Waals surface area contributed by atoms with Crippen LogP contribution >= 0.6 is 0 Å². The van der Waals surface area contributed by atoms with Crippen molar-refractivity contribution in [3.63, 3.8) is 0 Å². The lowest BCUT2D eigenvalue weighted by Gasteiger charge is -2.10. The Morgan fingerprint density at radius 3 is 2.65 bits per heavy atom. The number of para-hydroxylation sites is 1. The first kappa shape index (κ1) is 12.7. The molecule has 0 aliphatic rings. The summed E-state index contributed by atoms with van der Waals surface area (Å²) in [5, 5.41) is 0. The Hall–Kier alpha value is -2.29. The number of fused-ring (bicyclic) bond motifs is 1. The first-order valence-electron chi connectivity index (χ1n) is 6.98. The maximum Gasteiger partial charge on any atom is 0.112 e. The standard InChI is InChI=1S/C17H19N3/c1-3-16-19-17-14(18)9-6-10-15(17)20(16)11-13-8-5-4-7-12(13)2/h4-10H,3,11,18H2,1-2H3. The molecular formula is C17H19N3. The summed E-state index contributed by atoms with van der Waals surface area (Å²) in [4.78, 5) is 4.69. The van der Waals surface area contributed by atoms with Gasteiger partial charge in [-0.2, -0.15) is 0 Å². The Labute approximate surface area is 119 Å². The van der Waals surface area contributed by atoms with Gasteiger partial charge in [0.15, 0.2) is 0 Å². The Morgan fingerprint density at radius 2 is 1.90 bits per heavy atom. The smallest absolute Gasteiger partial charge is 0.112 e. The predicted molar refractivity (Wildman–Crippen MR) is 83.8 cm³/mol. The van der Waals surface area contributed by atoms with Crippen LogP contribution in [0.4, 0.5) is 5.69 Å². The average Bonchev–Trinajstić information content (AvgIpc) is 2.81. The number of aromatic nitrogens is 2. The maximum absolute atomic E-state index is 6.04. The van der Waals surface area contributed by atoms with Crippen molar-refractivity contribution in [2.24, 2.45) is 0 Å². The number of aryl methyl sites for hydroxylation is 2. The number of nitrogens with two attached hydrogens (primary N) is 1. The van der Waals surface area contributed by atoms with E-state index in [0.29, 0.717) is 0 Å². The number of benzene rings is 2. The molecule has 1 aromatic heterocycles. The second-order valence-electron chi connectivity index (χ2n) is 5.11. The number of hydrogen-bond donors (Lipinski definition) is 1.